The van der Waals surface area contributed by atoms with Crippen LogP contribution in [0.25, 0.3) is 21.3 Å². The number of nitrogens with zero attached hydrogens (tertiary/aromatic N) is 3. The first-order valence-electron chi connectivity index (χ1n) is 9.17. The van der Waals surface area contributed by atoms with Crippen LogP contribution < -0.4 is 5.56 Å². The second-order valence-corrected chi connectivity index (χ2v) is 10.0. The molecule has 1 amide bonds. The highest BCUT2D eigenvalue weighted by atomic mass is 79.9. The molecule has 0 aliphatic carbocycles. The highest BCUT2D eigenvalue weighted by Crippen LogP contribution is 2.37. The molecule has 0 bridgehead atoms. The van der Waals surface area contributed by atoms with Crippen LogP contribution in [0.5, 0.6) is 0 Å². The van der Waals surface area contributed by atoms with E-state index in [1.54, 1.807) is 0 Å². The van der Waals surface area contributed by atoms with Gasteiger partial charge in [0, 0.05) is 32.5 Å². The second-order valence-electron chi connectivity index (χ2n) is 6.99. The minimum absolute atomic E-state index is 0.0124. The third-order valence-corrected chi connectivity index (χ3v) is 6.95. The van der Waals surface area contributed by atoms with Crippen LogP contribution in [0.15, 0.2) is 38.3 Å². The number of amides is 1. The van der Waals surface area contributed by atoms with Crippen LogP contribution in [0.3, 0.4) is 0 Å². The number of halogens is 2. The fraction of sp³-hybridized carbons (Fsp3) is 0.350. The molecule has 0 unspecified atom stereocenters. The van der Waals surface area contributed by atoms with Gasteiger partial charge in [0.2, 0.25) is 5.91 Å². The lowest BCUT2D eigenvalue weighted by Crippen LogP contribution is -2.39. The molecule has 4 rings (SSSR count). The smallest absolute Gasteiger partial charge is 0.263 e. The summed E-state index contributed by atoms with van der Waals surface area (Å²) < 4.78 is 3.31. The lowest BCUT2D eigenvalue weighted by molar-refractivity contribution is -0.132. The van der Waals surface area contributed by atoms with Crippen LogP contribution in [0, 0.1) is 6.92 Å². The summed E-state index contributed by atoms with van der Waals surface area (Å²) in [5.74, 6) is -0.0124. The largest absolute Gasteiger partial charge is 0.341 e. The number of thiophene rings is 1. The average molecular weight is 525 g/mol. The Bertz CT molecular complexity index is 1100. The molecular weight excluding hydrogens is 506 g/mol. The zero-order chi connectivity index (χ0) is 19.8. The van der Waals surface area contributed by atoms with Gasteiger partial charge in [-0.05, 0) is 49.9 Å². The maximum absolute atomic E-state index is 13.3. The topological polar surface area (TPSA) is 55.2 Å². The fourth-order valence-electron chi connectivity index (χ4n) is 3.68. The molecule has 8 heteroatoms. The minimum atomic E-state index is -0.161. The molecule has 1 fully saturated rings. The lowest BCUT2D eigenvalue weighted by Gasteiger charge is -2.26. The van der Waals surface area contributed by atoms with Crippen LogP contribution in [-0.2, 0) is 11.3 Å². The van der Waals surface area contributed by atoms with Crippen molar-refractivity contribution in [3.63, 3.8) is 0 Å². The van der Waals surface area contributed by atoms with Crippen molar-refractivity contribution in [1.82, 2.24) is 14.5 Å². The molecule has 0 N–H and O–H groups in total. The van der Waals surface area contributed by atoms with Gasteiger partial charge in [-0.3, -0.25) is 14.2 Å². The molecule has 0 radical (unpaired) electrons. The number of piperidine rings is 1. The van der Waals surface area contributed by atoms with Gasteiger partial charge in [-0.25, -0.2) is 4.98 Å². The summed E-state index contributed by atoms with van der Waals surface area (Å²) in [5.41, 5.74) is 1.68. The Morgan fingerprint density at radius 1 is 1.14 bits per heavy atom. The first-order valence-corrected chi connectivity index (χ1v) is 11.6. The molecule has 0 saturated carbocycles. The number of aromatic nitrogens is 2. The molecule has 3 heterocycles. The van der Waals surface area contributed by atoms with Gasteiger partial charge in [-0.15, -0.1) is 11.3 Å². The number of fused-ring (bicyclic) bond motifs is 1. The van der Waals surface area contributed by atoms with E-state index < -0.39 is 0 Å². The van der Waals surface area contributed by atoms with E-state index in [0.29, 0.717) is 10.2 Å². The van der Waals surface area contributed by atoms with Gasteiger partial charge in [0.15, 0.2) is 0 Å². The number of hydrogen-bond donors (Lipinski definition) is 0. The zero-order valence-corrected chi connectivity index (χ0v) is 19.4. The van der Waals surface area contributed by atoms with Crippen LogP contribution in [0.2, 0.25) is 0 Å². The van der Waals surface area contributed by atoms with Crippen molar-refractivity contribution < 1.29 is 4.79 Å². The Kier molecular flexibility index (Phi) is 5.71. The van der Waals surface area contributed by atoms with Crippen molar-refractivity contribution in [1.29, 1.82) is 0 Å². The third-order valence-electron chi connectivity index (χ3n) is 5.02. The van der Waals surface area contributed by atoms with Crippen molar-refractivity contribution >= 4 is 59.3 Å². The molecule has 0 spiro atoms. The molecule has 1 saturated heterocycles. The third kappa shape index (κ3) is 3.82. The quantitative estimate of drug-likeness (QED) is 0.486. The van der Waals surface area contributed by atoms with E-state index in [0.717, 1.165) is 57.3 Å². The normalized spacial score (nSPS) is 14.6. The first kappa shape index (κ1) is 19.8. The average Bonchev–Trinajstić information content (AvgIpc) is 3.00. The summed E-state index contributed by atoms with van der Waals surface area (Å²) in [5, 5.41) is 0.585. The molecule has 3 aromatic rings. The molecule has 146 valence electrons. The maximum atomic E-state index is 13.3. The Hall–Kier alpha value is -1.51. The van der Waals surface area contributed by atoms with Crippen molar-refractivity contribution in [3.8, 4) is 11.1 Å². The second kappa shape index (κ2) is 8.08. The lowest BCUT2D eigenvalue weighted by atomic mass is 10.0. The standard InChI is InChI=1S/C20H19Br2N3O2S/c1-12-17(13-7-14(21)9-15(22)8-13)18-19(28-12)23-11-25(20(18)27)10-16(26)24-5-3-2-4-6-24/h7-9,11H,2-6,10H2,1H3. The van der Waals surface area contributed by atoms with Crippen LogP contribution in [-0.4, -0.2) is 33.4 Å². The van der Waals surface area contributed by atoms with Crippen molar-refractivity contribution in [2.75, 3.05) is 13.1 Å². The molecule has 1 aliphatic rings. The molecule has 1 aromatic carbocycles. The molecule has 1 aliphatic heterocycles. The SMILES string of the molecule is Cc1sc2ncn(CC(=O)N3CCCCC3)c(=O)c2c1-c1cc(Br)cc(Br)c1. The van der Waals surface area contributed by atoms with Gasteiger partial charge in [0.05, 0.1) is 11.7 Å². The van der Waals surface area contributed by atoms with E-state index in [4.69, 9.17) is 0 Å². The molecule has 5 nitrogen and oxygen atoms in total. The Morgan fingerprint density at radius 3 is 2.50 bits per heavy atom. The molecule has 28 heavy (non-hydrogen) atoms. The fourth-order valence-corrected chi connectivity index (χ4v) is 5.98. The highest BCUT2D eigenvalue weighted by molar-refractivity contribution is 9.11. The number of rotatable bonds is 3. The Morgan fingerprint density at radius 2 is 1.82 bits per heavy atom. The Balaban J connectivity index is 1.78. The summed E-state index contributed by atoms with van der Waals surface area (Å²) in [6.45, 7) is 3.59. The van der Waals surface area contributed by atoms with Gasteiger partial charge >= 0.3 is 0 Å². The summed E-state index contributed by atoms with van der Waals surface area (Å²) in [7, 11) is 0. The van der Waals surface area contributed by atoms with Crippen LogP contribution in [0.1, 0.15) is 24.1 Å². The number of likely N-dealkylation sites (tertiary alicyclic amines) is 1. The van der Waals surface area contributed by atoms with E-state index in [2.05, 4.69) is 36.8 Å². The number of benzene rings is 1. The summed E-state index contributed by atoms with van der Waals surface area (Å²) in [6, 6.07) is 5.95. The van der Waals surface area contributed by atoms with E-state index >= 15 is 0 Å². The summed E-state index contributed by atoms with van der Waals surface area (Å²) in [6.07, 6.45) is 4.73. The van der Waals surface area contributed by atoms with E-state index in [9.17, 15) is 9.59 Å². The van der Waals surface area contributed by atoms with Crippen molar-refractivity contribution in [3.05, 3.63) is 48.7 Å². The van der Waals surface area contributed by atoms with Gasteiger partial charge in [-0.2, -0.15) is 0 Å². The van der Waals surface area contributed by atoms with Gasteiger partial charge in [0.1, 0.15) is 11.4 Å². The summed E-state index contributed by atoms with van der Waals surface area (Å²) in [4.78, 5) is 34.0. The van der Waals surface area contributed by atoms with Crippen LogP contribution in [0.4, 0.5) is 0 Å². The Labute approximate surface area is 183 Å². The van der Waals surface area contributed by atoms with Gasteiger partial charge in [0.25, 0.3) is 5.56 Å². The zero-order valence-electron chi connectivity index (χ0n) is 15.4. The molecular formula is C20H19Br2N3O2S. The van der Waals surface area contributed by atoms with Crippen molar-refractivity contribution in [2.45, 2.75) is 32.7 Å². The number of carbonyl (C=O) groups is 1. The molecule has 0 atom stereocenters. The van der Waals surface area contributed by atoms with Gasteiger partial charge < -0.3 is 4.90 Å². The van der Waals surface area contributed by atoms with E-state index in [1.807, 2.05) is 30.0 Å². The predicted octanol–water partition coefficient (Wildman–Crippen LogP) is 4.97. The van der Waals surface area contributed by atoms with E-state index in [1.165, 1.54) is 22.2 Å². The number of aryl methyl sites for hydroxylation is 1. The minimum Gasteiger partial charge on any atom is -0.341 e. The van der Waals surface area contributed by atoms with Crippen molar-refractivity contribution in [2.24, 2.45) is 0 Å². The summed E-state index contributed by atoms with van der Waals surface area (Å²) >= 11 is 8.55. The molecule has 2 aromatic heterocycles. The first-order chi connectivity index (χ1) is 13.4. The highest BCUT2D eigenvalue weighted by Gasteiger charge is 2.21. The van der Waals surface area contributed by atoms with E-state index in [-0.39, 0.29) is 18.0 Å². The predicted molar refractivity (Wildman–Crippen MR) is 120 cm³/mol. The number of hydrogen-bond acceptors (Lipinski definition) is 4. The maximum Gasteiger partial charge on any atom is 0.263 e. The van der Waals surface area contributed by atoms with Gasteiger partial charge in [-0.1, -0.05) is 31.9 Å². The van der Waals surface area contributed by atoms with Crippen LogP contribution >= 0.6 is 43.2 Å². The number of carbonyl (C=O) groups excluding carboxylic acids is 1. The monoisotopic (exact) mass is 523 g/mol.